The van der Waals surface area contributed by atoms with Crippen LogP contribution in [0, 0.1) is 0 Å². The fourth-order valence-electron chi connectivity index (χ4n) is 1.54. The van der Waals surface area contributed by atoms with Crippen LogP contribution in [0.5, 0.6) is 5.75 Å². The molecule has 1 aromatic carbocycles. The van der Waals surface area contributed by atoms with E-state index in [1.54, 1.807) is 0 Å². The SMILES string of the molecule is CCC=C(C)c1ccc(OC(C)CC)cc1. The van der Waals surface area contributed by atoms with Gasteiger partial charge in [0.2, 0.25) is 0 Å². The minimum atomic E-state index is 0.290. The molecule has 0 saturated heterocycles. The van der Waals surface area contributed by atoms with Gasteiger partial charge >= 0.3 is 0 Å². The molecule has 0 aliphatic heterocycles. The Hall–Kier alpha value is -1.24. The molecule has 0 saturated carbocycles. The average molecular weight is 218 g/mol. The quantitative estimate of drug-likeness (QED) is 0.697. The number of allylic oxidation sites excluding steroid dienone is 2. The second-order valence-corrected chi connectivity index (χ2v) is 4.16. The summed E-state index contributed by atoms with van der Waals surface area (Å²) >= 11 is 0. The lowest BCUT2D eigenvalue weighted by Crippen LogP contribution is -2.09. The summed E-state index contributed by atoms with van der Waals surface area (Å²) in [6.07, 6.45) is 4.65. The summed E-state index contributed by atoms with van der Waals surface area (Å²) in [6.45, 7) is 8.53. The zero-order chi connectivity index (χ0) is 12.0. The molecule has 0 spiro atoms. The zero-order valence-corrected chi connectivity index (χ0v) is 10.8. The van der Waals surface area contributed by atoms with Crippen molar-refractivity contribution in [2.45, 2.75) is 46.6 Å². The molecular formula is C15H22O. The third-order valence-electron chi connectivity index (χ3n) is 2.73. The van der Waals surface area contributed by atoms with Crippen LogP contribution in [-0.2, 0) is 0 Å². The van der Waals surface area contributed by atoms with Crippen LogP contribution in [0.25, 0.3) is 5.57 Å². The number of benzene rings is 1. The van der Waals surface area contributed by atoms with Crippen LogP contribution in [0.3, 0.4) is 0 Å². The van der Waals surface area contributed by atoms with Gasteiger partial charge in [-0.05, 0) is 50.0 Å². The highest BCUT2D eigenvalue weighted by molar-refractivity contribution is 5.64. The monoisotopic (exact) mass is 218 g/mol. The lowest BCUT2D eigenvalue weighted by Gasteiger charge is -2.12. The Morgan fingerprint density at radius 2 is 1.88 bits per heavy atom. The summed E-state index contributed by atoms with van der Waals surface area (Å²) < 4.78 is 5.74. The summed E-state index contributed by atoms with van der Waals surface area (Å²) in [5.74, 6) is 0.961. The summed E-state index contributed by atoms with van der Waals surface area (Å²) in [6, 6.07) is 8.35. The topological polar surface area (TPSA) is 9.23 Å². The molecule has 1 heteroatoms. The Morgan fingerprint density at radius 3 is 2.38 bits per heavy atom. The van der Waals surface area contributed by atoms with Crippen molar-refractivity contribution in [2.24, 2.45) is 0 Å². The van der Waals surface area contributed by atoms with Crippen molar-refractivity contribution in [1.29, 1.82) is 0 Å². The minimum absolute atomic E-state index is 0.290. The van der Waals surface area contributed by atoms with Crippen molar-refractivity contribution in [2.75, 3.05) is 0 Å². The van der Waals surface area contributed by atoms with Crippen LogP contribution in [0.4, 0.5) is 0 Å². The van der Waals surface area contributed by atoms with E-state index < -0.39 is 0 Å². The zero-order valence-electron chi connectivity index (χ0n) is 10.8. The van der Waals surface area contributed by atoms with Crippen molar-refractivity contribution < 1.29 is 4.74 Å². The summed E-state index contributed by atoms with van der Waals surface area (Å²) in [5, 5.41) is 0. The molecule has 88 valence electrons. The maximum atomic E-state index is 5.74. The van der Waals surface area contributed by atoms with E-state index in [9.17, 15) is 0 Å². The van der Waals surface area contributed by atoms with Crippen molar-refractivity contribution in [3.8, 4) is 5.75 Å². The highest BCUT2D eigenvalue weighted by Gasteiger charge is 2.01. The van der Waals surface area contributed by atoms with E-state index in [1.165, 1.54) is 11.1 Å². The number of hydrogen-bond acceptors (Lipinski definition) is 1. The standard InChI is InChI=1S/C15H22O/c1-5-7-12(3)14-8-10-15(11-9-14)16-13(4)6-2/h7-11,13H,5-6H2,1-4H3. The molecule has 0 heterocycles. The first kappa shape index (κ1) is 12.8. The lowest BCUT2D eigenvalue weighted by atomic mass is 10.1. The third kappa shape index (κ3) is 3.73. The molecule has 0 N–H and O–H groups in total. The summed E-state index contributed by atoms with van der Waals surface area (Å²) in [5.41, 5.74) is 2.61. The molecule has 0 aromatic heterocycles. The Kier molecular flexibility index (Phi) is 5.10. The Balaban J connectivity index is 2.71. The van der Waals surface area contributed by atoms with Crippen molar-refractivity contribution in [3.63, 3.8) is 0 Å². The van der Waals surface area contributed by atoms with Gasteiger partial charge in [-0.15, -0.1) is 0 Å². The molecule has 1 rings (SSSR count). The molecule has 1 unspecified atom stereocenters. The molecule has 0 amide bonds. The highest BCUT2D eigenvalue weighted by atomic mass is 16.5. The molecule has 16 heavy (non-hydrogen) atoms. The molecular weight excluding hydrogens is 196 g/mol. The van der Waals surface area contributed by atoms with E-state index in [0.29, 0.717) is 0 Å². The van der Waals surface area contributed by atoms with Gasteiger partial charge in [0.05, 0.1) is 6.10 Å². The summed E-state index contributed by atoms with van der Waals surface area (Å²) in [4.78, 5) is 0. The van der Waals surface area contributed by atoms with Gasteiger partial charge in [-0.3, -0.25) is 0 Å². The first-order chi connectivity index (χ1) is 7.67. The lowest BCUT2D eigenvalue weighted by molar-refractivity contribution is 0.217. The predicted molar refractivity (Wildman–Crippen MR) is 70.8 cm³/mol. The fraction of sp³-hybridized carbons (Fsp3) is 0.467. The van der Waals surface area contributed by atoms with E-state index in [0.717, 1.165) is 18.6 Å². The minimum Gasteiger partial charge on any atom is -0.491 e. The van der Waals surface area contributed by atoms with E-state index in [2.05, 4.69) is 58.0 Å². The van der Waals surface area contributed by atoms with Gasteiger partial charge in [-0.1, -0.05) is 32.1 Å². The summed E-state index contributed by atoms with van der Waals surface area (Å²) in [7, 11) is 0. The van der Waals surface area contributed by atoms with Crippen LogP contribution in [0.2, 0.25) is 0 Å². The van der Waals surface area contributed by atoms with Crippen molar-refractivity contribution in [1.82, 2.24) is 0 Å². The molecule has 0 aliphatic rings. The number of hydrogen-bond donors (Lipinski definition) is 0. The van der Waals surface area contributed by atoms with E-state index in [4.69, 9.17) is 4.74 Å². The normalized spacial score (nSPS) is 13.6. The maximum Gasteiger partial charge on any atom is 0.119 e. The van der Waals surface area contributed by atoms with Crippen LogP contribution in [0.15, 0.2) is 30.3 Å². The van der Waals surface area contributed by atoms with Gasteiger partial charge in [0.25, 0.3) is 0 Å². The molecule has 0 radical (unpaired) electrons. The van der Waals surface area contributed by atoms with Crippen LogP contribution in [0.1, 0.15) is 46.1 Å². The largest absolute Gasteiger partial charge is 0.491 e. The third-order valence-corrected chi connectivity index (χ3v) is 2.73. The molecule has 1 nitrogen and oxygen atoms in total. The Bertz CT molecular complexity index is 335. The molecule has 0 bridgehead atoms. The van der Waals surface area contributed by atoms with Crippen molar-refractivity contribution in [3.05, 3.63) is 35.9 Å². The smallest absolute Gasteiger partial charge is 0.119 e. The average Bonchev–Trinajstić information content (AvgIpc) is 2.30. The molecule has 0 fully saturated rings. The number of rotatable bonds is 5. The van der Waals surface area contributed by atoms with E-state index in [-0.39, 0.29) is 6.10 Å². The fourth-order valence-corrected chi connectivity index (χ4v) is 1.54. The van der Waals surface area contributed by atoms with Crippen LogP contribution >= 0.6 is 0 Å². The van der Waals surface area contributed by atoms with Gasteiger partial charge in [-0.2, -0.15) is 0 Å². The predicted octanol–water partition coefficient (Wildman–Crippen LogP) is 4.68. The Morgan fingerprint density at radius 1 is 1.25 bits per heavy atom. The first-order valence-corrected chi connectivity index (χ1v) is 6.11. The molecule has 1 aromatic rings. The first-order valence-electron chi connectivity index (χ1n) is 6.11. The van der Waals surface area contributed by atoms with Gasteiger partial charge in [0.15, 0.2) is 0 Å². The van der Waals surface area contributed by atoms with Gasteiger partial charge < -0.3 is 4.74 Å². The second kappa shape index (κ2) is 6.37. The molecule has 1 atom stereocenters. The van der Waals surface area contributed by atoms with Gasteiger partial charge in [-0.25, -0.2) is 0 Å². The van der Waals surface area contributed by atoms with Crippen LogP contribution in [-0.4, -0.2) is 6.10 Å². The second-order valence-electron chi connectivity index (χ2n) is 4.16. The molecule has 0 aliphatic carbocycles. The highest BCUT2D eigenvalue weighted by Crippen LogP contribution is 2.19. The van der Waals surface area contributed by atoms with Gasteiger partial charge in [0, 0.05) is 0 Å². The van der Waals surface area contributed by atoms with Crippen molar-refractivity contribution >= 4 is 5.57 Å². The Labute approximate surface area is 99.1 Å². The van der Waals surface area contributed by atoms with Crippen LogP contribution < -0.4 is 4.74 Å². The van der Waals surface area contributed by atoms with E-state index >= 15 is 0 Å². The number of ether oxygens (including phenoxy) is 1. The van der Waals surface area contributed by atoms with E-state index in [1.807, 2.05) is 0 Å². The maximum absolute atomic E-state index is 5.74. The van der Waals surface area contributed by atoms with Gasteiger partial charge in [0.1, 0.15) is 5.75 Å².